The highest BCUT2D eigenvalue weighted by Crippen LogP contribution is 2.22. The average Bonchev–Trinajstić information content (AvgIpc) is 2.44. The first-order valence-corrected chi connectivity index (χ1v) is 7.45. The monoisotopic (exact) mass is 398 g/mol. The number of nitrogen functional groups attached to an aromatic ring is 1. The Kier molecular flexibility index (Phi) is 6.75. The van der Waals surface area contributed by atoms with Gasteiger partial charge in [0.05, 0.1) is 0 Å². The highest BCUT2D eigenvalue weighted by Gasteiger charge is 1.93. The number of carbonyl (C=O) groups is 1. The van der Waals surface area contributed by atoms with Gasteiger partial charge in [-0.15, -0.1) is 0 Å². The maximum Gasteiger partial charge on any atom is 0.150 e. The summed E-state index contributed by atoms with van der Waals surface area (Å²) in [6, 6.07) is 13.1. The summed E-state index contributed by atoms with van der Waals surface area (Å²) in [6.07, 6.45) is 0.847. The lowest BCUT2D eigenvalue weighted by Crippen LogP contribution is -2.08. The second kappa shape index (κ2) is 8.07. The number of anilines is 2. The van der Waals surface area contributed by atoms with Gasteiger partial charge in [-0.25, -0.2) is 0 Å². The molecule has 0 saturated carbocycles. The number of nitrogens with two attached hydrogens (primary N) is 1. The van der Waals surface area contributed by atoms with Gasteiger partial charge in [0, 0.05) is 40.0 Å². The summed E-state index contributed by atoms with van der Waals surface area (Å²) >= 11 is 6.60. The lowest BCUT2D eigenvalue weighted by atomic mass is 10.2. The Hall–Kier alpha value is -1.33. The minimum absolute atomic E-state index is 0.718. The topological polar surface area (TPSA) is 46.3 Å². The second-order valence-electron chi connectivity index (χ2n) is 4.27. The molecule has 0 spiro atoms. The SMILES string of the molecule is CN(C)c1ccc(C=O)cc1.Nc1ccc(Br)cc1Br. The smallest absolute Gasteiger partial charge is 0.150 e. The molecule has 0 aliphatic rings. The number of nitrogens with zero attached hydrogens (tertiary/aromatic N) is 1. The number of carbonyl (C=O) groups excluding carboxylic acids is 1. The first-order chi connectivity index (χ1) is 9.43. The fraction of sp³-hybridized carbons (Fsp3) is 0.133. The number of rotatable bonds is 2. The number of benzene rings is 2. The first-order valence-electron chi connectivity index (χ1n) is 5.87. The van der Waals surface area contributed by atoms with E-state index < -0.39 is 0 Å². The van der Waals surface area contributed by atoms with Crippen molar-refractivity contribution in [3.63, 3.8) is 0 Å². The highest BCUT2D eigenvalue weighted by atomic mass is 79.9. The zero-order chi connectivity index (χ0) is 15.1. The predicted octanol–water partition coefficient (Wildman–Crippen LogP) is 4.36. The van der Waals surface area contributed by atoms with Crippen molar-refractivity contribution in [1.29, 1.82) is 0 Å². The Morgan fingerprint density at radius 2 is 1.65 bits per heavy atom. The summed E-state index contributed by atoms with van der Waals surface area (Å²) in [4.78, 5) is 12.3. The highest BCUT2D eigenvalue weighted by molar-refractivity contribution is 9.11. The van der Waals surface area contributed by atoms with Crippen LogP contribution in [-0.4, -0.2) is 20.4 Å². The fourth-order valence-corrected chi connectivity index (χ4v) is 2.40. The molecule has 0 aromatic heterocycles. The molecule has 0 unspecified atom stereocenters. The lowest BCUT2D eigenvalue weighted by Gasteiger charge is -2.11. The van der Waals surface area contributed by atoms with Crippen LogP contribution in [0.4, 0.5) is 11.4 Å². The van der Waals surface area contributed by atoms with E-state index in [9.17, 15) is 4.79 Å². The molecular weight excluding hydrogens is 384 g/mol. The number of halogens is 2. The summed E-state index contributed by atoms with van der Waals surface area (Å²) in [5.74, 6) is 0. The van der Waals surface area contributed by atoms with Gasteiger partial charge in [-0.05, 0) is 58.4 Å². The van der Waals surface area contributed by atoms with Crippen molar-refractivity contribution in [1.82, 2.24) is 0 Å². The van der Waals surface area contributed by atoms with Crippen LogP contribution in [-0.2, 0) is 0 Å². The van der Waals surface area contributed by atoms with Crippen molar-refractivity contribution in [3.05, 3.63) is 57.0 Å². The molecule has 0 saturated heterocycles. The molecule has 0 atom stereocenters. The van der Waals surface area contributed by atoms with Crippen molar-refractivity contribution < 1.29 is 4.79 Å². The van der Waals surface area contributed by atoms with E-state index in [0.29, 0.717) is 0 Å². The minimum Gasteiger partial charge on any atom is -0.398 e. The molecule has 2 aromatic carbocycles. The van der Waals surface area contributed by atoms with Gasteiger partial charge < -0.3 is 10.6 Å². The first kappa shape index (κ1) is 16.7. The Morgan fingerprint density at radius 3 is 2.05 bits per heavy atom. The molecule has 3 nitrogen and oxygen atoms in total. The molecule has 0 aliphatic heterocycles. The van der Waals surface area contributed by atoms with E-state index in [1.54, 1.807) is 0 Å². The third-order valence-corrected chi connectivity index (χ3v) is 3.69. The minimum atomic E-state index is 0.718. The van der Waals surface area contributed by atoms with Gasteiger partial charge in [-0.2, -0.15) is 0 Å². The van der Waals surface area contributed by atoms with E-state index in [1.165, 1.54) is 0 Å². The number of hydrogen-bond donors (Lipinski definition) is 1. The van der Waals surface area contributed by atoms with Crippen LogP contribution in [0.1, 0.15) is 10.4 Å². The largest absolute Gasteiger partial charge is 0.398 e. The van der Waals surface area contributed by atoms with Gasteiger partial charge in [0.15, 0.2) is 0 Å². The maximum absolute atomic E-state index is 10.3. The van der Waals surface area contributed by atoms with Crippen molar-refractivity contribution in [2.24, 2.45) is 0 Å². The molecular formula is C15H16Br2N2O. The fourth-order valence-electron chi connectivity index (χ4n) is 1.35. The predicted molar refractivity (Wildman–Crippen MR) is 92.4 cm³/mol. The molecule has 20 heavy (non-hydrogen) atoms. The van der Waals surface area contributed by atoms with Crippen molar-refractivity contribution in [2.45, 2.75) is 0 Å². The van der Waals surface area contributed by atoms with Crippen molar-refractivity contribution in [2.75, 3.05) is 24.7 Å². The summed E-state index contributed by atoms with van der Waals surface area (Å²) in [5.41, 5.74) is 8.11. The van der Waals surface area contributed by atoms with Crippen LogP contribution in [0.25, 0.3) is 0 Å². The normalized spacial score (nSPS) is 9.40. The van der Waals surface area contributed by atoms with E-state index in [4.69, 9.17) is 5.73 Å². The maximum atomic E-state index is 10.3. The molecule has 2 aromatic rings. The van der Waals surface area contributed by atoms with E-state index in [-0.39, 0.29) is 0 Å². The van der Waals surface area contributed by atoms with Crippen LogP contribution in [0.3, 0.4) is 0 Å². The summed E-state index contributed by atoms with van der Waals surface area (Å²) in [6.45, 7) is 0. The van der Waals surface area contributed by atoms with Crippen LogP contribution in [0.5, 0.6) is 0 Å². The number of aldehydes is 1. The third kappa shape index (κ3) is 5.35. The third-order valence-electron chi connectivity index (χ3n) is 2.51. The van der Waals surface area contributed by atoms with Gasteiger partial charge >= 0.3 is 0 Å². The van der Waals surface area contributed by atoms with Crippen LogP contribution in [0.2, 0.25) is 0 Å². The van der Waals surface area contributed by atoms with Gasteiger partial charge in [-0.1, -0.05) is 15.9 Å². The van der Waals surface area contributed by atoms with E-state index in [0.717, 1.165) is 32.2 Å². The molecule has 0 heterocycles. The molecule has 0 radical (unpaired) electrons. The van der Waals surface area contributed by atoms with Gasteiger partial charge in [0.2, 0.25) is 0 Å². The van der Waals surface area contributed by atoms with Crippen LogP contribution in [0.15, 0.2) is 51.4 Å². The standard InChI is InChI=1S/C9H11NO.C6H5Br2N/c1-10(2)9-5-3-8(7-11)4-6-9;7-4-1-2-6(9)5(8)3-4/h3-7H,1-2H3;1-3H,9H2. The molecule has 0 fully saturated rings. The van der Waals surface area contributed by atoms with Crippen molar-refractivity contribution in [3.8, 4) is 0 Å². The molecule has 0 amide bonds. The Labute approximate surface area is 136 Å². The molecule has 0 aliphatic carbocycles. The lowest BCUT2D eigenvalue weighted by molar-refractivity contribution is 0.112. The van der Waals surface area contributed by atoms with Gasteiger partial charge in [0.1, 0.15) is 6.29 Å². The van der Waals surface area contributed by atoms with Gasteiger partial charge in [0.25, 0.3) is 0 Å². The number of hydrogen-bond acceptors (Lipinski definition) is 3. The zero-order valence-electron chi connectivity index (χ0n) is 11.3. The van der Waals surface area contributed by atoms with Crippen LogP contribution in [0, 0.1) is 0 Å². The second-order valence-corrected chi connectivity index (χ2v) is 6.04. The van der Waals surface area contributed by atoms with E-state index in [2.05, 4.69) is 31.9 Å². The quantitative estimate of drug-likeness (QED) is 0.602. The van der Waals surface area contributed by atoms with Crippen LogP contribution < -0.4 is 10.6 Å². The van der Waals surface area contributed by atoms with Gasteiger partial charge in [-0.3, -0.25) is 4.79 Å². The Balaban J connectivity index is 0.000000204. The molecule has 5 heteroatoms. The summed E-state index contributed by atoms with van der Waals surface area (Å²) < 4.78 is 1.96. The van der Waals surface area contributed by atoms with Crippen molar-refractivity contribution >= 4 is 49.5 Å². The molecule has 2 N–H and O–H groups in total. The summed E-state index contributed by atoms with van der Waals surface area (Å²) in [7, 11) is 3.94. The molecule has 0 bridgehead atoms. The zero-order valence-corrected chi connectivity index (χ0v) is 14.5. The molecule has 106 valence electrons. The Morgan fingerprint density at radius 1 is 1.05 bits per heavy atom. The Bertz CT molecular complexity index is 569. The molecule has 2 rings (SSSR count). The van der Waals surface area contributed by atoms with Crippen LogP contribution >= 0.6 is 31.9 Å². The van der Waals surface area contributed by atoms with E-state index in [1.807, 2.05) is 61.5 Å². The van der Waals surface area contributed by atoms with E-state index >= 15 is 0 Å². The summed E-state index contributed by atoms with van der Waals surface area (Å²) in [5, 5.41) is 0. The average molecular weight is 400 g/mol.